The van der Waals surface area contributed by atoms with Gasteiger partial charge in [-0.25, -0.2) is 4.79 Å². The summed E-state index contributed by atoms with van der Waals surface area (Å²) >= 11 is 3.40. The summed E-state index contributed by atoms with van der Waals surface area (Å²) in [6.07, 6.45) is 0. The van der Waals surface area contributed by atoms with Gasteiger partial charge in [-0.1, -0.05) is 21.1 Å². The molecule has 2 heterocycles. The minimum atomic E-state index is -0.587. The third-order valence-corrected chi connectivity index (χ3v) is 3.73. The van der Waals surface area contributed by atoms with E-state index in [9.17, 15) is 4.79 Å². The molecule has 0 saturated heterocycles. The van der Waals surface area contributed by atoms with Crippen molar-refractivity contribution in [3.05, 3.63) is 33.4 Å². The lowest BCUT2D eigenvalue weighted by Crippen LogP contribution is -2.08. The minimum Gasteiger partial charge on any atom is -0.457 e. The van der Waals surface area contributed by atoms with Gasteiger partial charge in [-0.05, 0) is 19.1 Å². The molecular weight excluding hydrogens is 344 g/mol. The van der Waals surface area contributed by atoms with Gasteiger partial charge in [0.05, 0.1) is 5.69 Å². The van der Waals surface area contributed by atoms with Gasteiger partial charge in [-0.15, -0.1) is 0 Å². The van der Waals surface area contributed by atoms with Crippen LogP contribution in [-0.2, 0) is 11.3 Å². The van der Waals surface area contributed by atoms with Crippen LogP contribution in [0.25, 0.3) is 0 Å². The van der Waals surface area contributed by atoms with E-state index in [1.165, 1.54) is 0 Å². The lowest BCUT2D eigenvalue weighted by molar-refractivity contribution is 0.0471. The summed E-state index contributed by atoms with van der Waals surface area (Å²) in [6, 6.07) is 3.52. The van der Waals surface area contributed by atoms with E-state index in [4.69, 9.17) is 24.5 Å². The number of aryl methyl sites for hydroxylation is 1. The Morgan fingerprint density at radius 3 is 2.81 bits per heavy atom. The minimum absolute atomic E-state index is 0.0535. The highest BCUT2D eigenvalue weighted by atomic mass is 79.9. The Bertz CT molecular complexity index is 693. The highest BCUT2D eigenvalue weighted by Crippen LogP contribution is 2.37. The Morgan fingerprint density at radius 2 is 2.14 bits per heavy atom. The molecule has 0 amide bonds. The number of benzene rings is 1. The van der Waals surface area contributed by atoms with Crippen LogP contribution in [0.1, 0.15) is 21.6 Å². The fourth-order valence-electron chi connectivity index (χ4n) is 1.92. The van der Waals surface area contributed by atoms with Gasteiger partial charge in [0, 0.05) is 10.0 Å². The van der Waals surface area contributed by atoms with Crippen molar-refractivity contribution < 1.29 is 23.5 Å². The average Bonchev–Trinajstić information content (AvgIpc) is 3.02. The molecular formula is C13H11BrN2O5. The number of carbonyl (C=O) groups is 1. The summed E-state index contributed by atoms with van der Waals surface area (Å²) in [5.41, 5.74) is 6.83. The molecule has 1 aromatic heterocycles. The molecule has 0 fully saturated rings. The van der Waals surface area contributed by atoms with E-state index in [0.29, 0.717) is 17.2 Å². The van der Waals surface area contributed by atoms with Gasteiger partial charge in [0.2, 0.25) is 12.7 Å². The van der Waals surface area contributed by atoms with Crippen LogP contribution in [0.4, 0.5) is 5.88 Å². The topological polar surface area (TPSA) is 96.8 Å². The molecule has 1 aliphatic rings. The number of nitrogen functional groups attached to an aromatic ring is 1. The first kappa shape index (κ1) is 13.7. The summed E-state index contributed by atoms with van der Waals surface area (Å²) in [5, 5.41) is 3.61. The van der Waals surface area contributed by atoms with E-state index in [0.717, 1.165) is 10.0 Å². The Hall–Kier alpha value is -2.22. The quantitative estimate of drug-likeness (QED) is 0.845. The second-order valence-electron chi connectivity index (χ2n) is 4.38. The Kier molecular flexibility index (Phi) is 3.46. The van der Waals surface area contributed by atoms with E-state index in [-0.39, 0.29) is 24.8 Å². The monoisotopic (exact) mass is 354 g/mol. The van der Waals surface area contributed by atoms with Gasteiger partial charge in [-0.2, -0.15) is 0 Å². The summed E-state index contributed by atoms with van der Waals surface area (Å²) in [6.45, 7) is 1.86. The number of ether oxygens (including phenoxy) is 3. The number of aromatic nitrogens is 1. The number of hydrogen-bond donors (Lipinski definition) is 1. The maximum atomic E-state index is 12.0. The van der Waals surface area contributed by atoms with Crippen molar-refractivity contribution in [2.75, 3.05) is 12.5 Å². The molecule has 3 rings (SSSR count). The maximum absolute atomic E-state index is 12.0. The molecule has 2 N–H and O–H groups in total. The average molecular weight is 355 g/mol. The van der Waals surface area contributed by atoms with Gasteiger partial charge in [-0.3, -0.25) is 0 Å². The second kappa shape index (κ2) is 5.28. The van der Waals surface area contributed by atoms with Crippen LogP contribution in [0.5, 0.6) is 11.5 Å². The van der Waals surface area contributed by atoms with E-state index < -0.39 is 5.97 Å². The van der Waals surface area contributed by atoms with Crippen LogP contribution < -0.4 is 15.2 Å². The first-order valence-electron chi connectivity index (χ1n) is 6.03. The molecule has 2 aromatic rings. The first-order valence-corrected chi connectivity index (χ1v) is 6.82. The molecule has 0 saturated carbocycles. The zero-order valence-electron chi connectivity index (χ0n) is 11.0. The summed E-state index contributed by atoms with van der Waals surface area (Å²) in [5.74, 6) is 0.624. The predicted octanol–water partition coefficient (Wildman–Crippen LogP) is 2.41. The Labute approximate surface area is 128 Å². The van der Waals surface area contributed by atoms with Crippen LogP contribution >= 0.6 is 15.9 Å². The van der Waals surface area contributed by atoms with Crippen molar-refractivity contribution >= 4 is 27.8 Å². The van der Waals surface area contributed by atoms with Crippen molar-refractivity contribution in [2.24, 2.45) is 0 Å². The number of fused-ring (bicyclic) bond motifs is 1. The summed E-state index contributed by atoms with van der Waals surface area (Å²) in [4.78, 5) is 12.0. The zero-order valence-corrected chi connectivity index (χ0v) is 12.6. The van der Waals surface area contributed by atoms with Crippen LogP contribution in [0, 0.1) is 6.92 Å². The predicted molar refractivity (Wildman–Crippen MR) is 75.0 cm³/mol. The van der Waals surface area contributed by atoms with Crippen LogP contribution in [0.15, 0.2) is 21.1 Å². The fourth-order valence-corrected chi connectivity index (χ4v) is 2.36. The van der Waals surface area contributed by atoms with Gasteiger partial charge in [0.15, 0.2) is 11.5 Å². The zero-order chi connectivity index (χ0) is 15.0. The van der Waals surface area contributed by atoms with E-state index >= 15 is 0 Å². The van der Waals surface area contributed by atoms with Crippen LogP contribution in [0.2, 0.25) is 0 Å². The number of esters is 1. The number of nitrogens with zero attached hydrogens (tertiary/aromatic N) is 1. The highest BCUT2D eigenvalue weighted by Gasteiger charge is 2.21. The summed E-state index contributed by atoms with van der Waals surface area (Å²) in [7, 11) is 0. The third-order valence-electron chi connectivity index (χ3n) is 2.99. The van der Waals surface area contributed by atoms with Crippen molar-refractivity contribution in [3.63, 3.8) is 0 Å². The molecule has 0 aliphatic carbocycles. The van der Waals surface area contributed by atoms with Crippen molar-refractivity contribution in [2.45, 2.75) is 13.5 Å². The molecule has 0 unspecified atom stereocenters. The third kappa shape index (κ3) is 2.54. The van der Waals surface area contributed by atoms with Crippen LogP contribution in [0.3, 0.4) is 0 Å². The Balaban J connectivity index is 1.75. The highest BCUT2D eigenvalue weighted by molar-refractivity contribution is 9.10. The van der Waals surface area contributed by atoms with Crippen molar-refractivity contribution in [3.8, 4) is 11.5 Å². The largest absolute Gasteiger partial charge is 0.457 e. The standard InChI is InChI=1S/C13H11BrN2O5/c1-6-11(12(15)21-16-6)13(17)18-4-7-2-9-10(3-8(7)14)20-5-19-9/h2-3H,4-5,15H2,1H3. The molecule has 0 bridgehead atoms. The van der Waals surface area contributed by atoms with E-state index in [1.807, 2.05) is 0 Å². The van der Waals surface area contributed by atoms with Crippen molar-refractivity contribution in [1.82, 2.24) is 5.16 Å². The number of anilines is 1. The molecule has 7 nitrogen and oxygen atoms in total. The van der Waals surface area contributed by atoms with Crippen molar-refractivity contribution in [1.29, 1.82) is 0 Å². The van der Waals surface area contributed by atoms with Gasteiger partial charge in [0.25, 0.3) is 0 Å². The second-order valence-corrected chi connectivity index (χ2v) is 5.23. The molecule has 0 spiro atoms. The SMILES string of the molecule is Cc1noc(N)c1C(=O)OCc1cc2c(cc1Br)OCO2. The fraction of sp³-hybridized carbons (Fsp3) is 0.231. The normalized spacial score (nSPS) is 12.5. The molecule has 0 atom stereocenters. The molecule has 1 aliphatic heterocycles. The lowest BCUT2D eigenvalue weighted by atomic mass is 10.2. The van der Waals surface area contributed by atoms with Gasteiger partial charge >= 0.3 is 5.97 Å². The first-order chi connectivity index (χ1) is 10.1. The van der Waals surface area contributed by atoms with E-state index in [1.54, 1.807) is 19.1 Å². The number of halogens is 1. The number of hydrogen-bond acceptors (Lipinski definition) is 7. The number of rotatable bonds is 3. The molecule has 8 heteroatoms. The molecule has 110 valence electrons. The number of nitrogens with two attached hydrogens (primary N) is 1. The molecule has 1 aromatic carbocycles. The lowest BCUT2D eigenvalue weighted by Gasteiger charge is -2.07. The molecule has 0 radical (unpaired) electrons. The molecule has 21 heavy (non-hydrogen) atoms. The van der Waals surface area contributed by atoms with E-state index in [2.05, 4.69) is 21.1 Å². The van der Waals surface area contributed by atoms with Gasteiger partial charge < -0.3 is 24.5 Å². The maximum Gasteiger partial charge on any atom is 0.346 e. The number of carbonyl (C=O) groups excluding carboxylic acids is 1. The smallest absolute Gasteiger partial charge is 0.346 e. The summed E-state index contributed by atoms with van der Waals surface area (Å²) < 4.78 is 21.3. The Morgan fingerprint density at radius 1 is 1.43 bits per heavy atom. The van der Waals surface area contributed by atoms with Crippen LogP contribution in [-0.4, -0.2) is 17.9 Å². The van der Waals surface area contributed by atoms with Gasteiger partial charge in [0.1, 0.15) is 12.2 Å².